The van der Waals surface area contributed by atoms with Gasteiger partial charge in [0.1, 0.15) is 11.4 Å². The van der Waals surface area contributed by atoms with Gasteiger partial charge in [-0.05, 0) is 51.2 Å². The monoisotopic (exact) mass is 420 g/mol. The molecule has 1 saturated carbocycles. The number of amides is 1. The van der Waals surface area contributed by atoms with Gasteiger partial charge < -0.3 is 14.7 Å². The quantitative estimate of drug-likeness (QED) is 0.512. The molecule has 1 fully saturated rings. The molecule has 0 unspecified atom stereocenters. The Balaban J connectivity index is 1.64. The van der Waals surface area contributed by atoms with Crippen molar-refractivity contribution in [1.82, 2.24) is 20.4 Å². The lowest BCUT2D eigenvalue weighted by Crippen LogP contribution is -2.46. The van der Waals surface area contributed by atoms with Crippen molar-refractivity contribution in [2.24, 2.45) is 0 Å². The number of carbonyl (C=O) groups is 1. The van der Waals surface area contributed by atoms with Gasteiger partial charge in [-0.25, -0.2) is 4.39 Å². The standard InChI is InChI=1S/C21H29FN4O2S/c1-26(2)15-19-23-20(25-28-19)21(12-5-3-4-6-13-21)24-18(27)11-14-29-17-9-7-16(22)8-10-17/h7-10H,3-6,11-15H2,1-2H3,(H,24,27). The zero-order chi connectivity index (χ0) is 20.7. The molecule has 1 aliphatic rings. The first-order chi connectivity index (χ1) is 14.0. The maximum absolute atomic E-state index is 13.0. The number of carbonyl (C=O) groups excluding carboxylic acids is 1. The Kier molecular flexibility index (Phi) is 7.66. The van der Waals surface area contributed by atoms with Crippen molar-refractivity contribution in [3.05, 3.63) is 41.8 Å². The van der Waals surface area contributed by atoms with E-state index >= 15 is 0 Å². The SMILES string of the molecule is CN(C)Cc1nc(C2(NC(=O)CCSc3ccc(F)cc3)CCCCCC2)no1. The van der Waals surface area contributed by atoms with E-state index in [0.29, 0.717) is 30.4 Å². The normalized spacial score (nSPS) is 16.6. The molecule has 0 bridgehead atoms. The predicted octanol–water partition coefficient (Wildman–Crippen LogP) is 4.12. The van der Waals surface area contributed by atoms with Crippen molar-refractivity contribution >= 4 is 17.7 Å². The minimum atomic E-state index is -0.553. The third kappa shape index (κ3) is 6.27. The first-order valence-electron chi connectivity index (χ1n) is 10.1. The summed E-state index contributed by atoms with van der Waals surface area (Å²) in [6.45, 7) is 0.575. The number of thioether (sulfide) groups is 1. The van der Waals surface area contributed by atoms with Gasteiger partial charge in [-0.3, -0.25) is 4.79 Å². The van der Waals surface area contributed by atoms with E-state index in [-0.39, 0.29) is 11.7 Å². The van der Waals surface area contributed by atoms with E-state index in [1.54, 1.807) is 23.9 Å². The molecule has 0 spiro atoms. The molecule has 8 heteroatoms. The van der Waals surface area contributed by atoms with E-state index in [1.807, 2.05) is 19.0 Å². The van der Waals surface area contributed by atoms with Crippen LogP contribution in [0.15, 0.2) is 33.7 Å². The number of benzene rings is 1. The van der Waals surface area contributed by atoms with Crippen LogP contribution < -0.4 is 5.32 Å². The highest BCUT2D eigenvalue weighted by atomic mass is 32.2. The Labute approximate surface area is 175 Å². The Morgan fingerprint density at radius 1 is 1.21 bits per heavy atom. The van der Waals surface area contributed by atoms with Gasteiger partial charge >= 0.3 is 0 Å². The molecule has 0 radical (unpaired) electrons. The predicted molar refractivity (Wildman–Crippen MR) is 111 cm³/mol. The van der Waals surface area contributed by atoms with Crippen molar-refractivity contribution in [2.75, 3.05) is 19.8 Å². The van der Waals surface area contributed by atoms with Crippen LogP contribution in [0.5, 0.6) is 0 Å². The fourth-order valence-electron chi connectivity index (χ4n) is 3.64. The summed E-state index contributed by atoms with van der Waals surface area (Å²) in [5, 5.41) is 7.47. The number of aromatic nitrogens is 2. The number of nitrogens with one attached hydrogen (secondary N) is 1. The molecule has 0 aliphatic heterocycles. The van der Waals surface area contributed by atoms with Crippen LogP contribution in [0.3, 0.4) is 0 Å². The van der Waals surface area contributed by atoms with Crippen molar-refractivity contribution < 1.29 is 13.7 Å². The van der Waals surface area contributed by atoms with Crippen LogP contribution in [0.4, 0.5) is 4.39 Å². The first-order valence-corrected chi connectivity index (χ1v) is 11.1. The average Bonchev–Trinajstić information content (AvgIpc) is 3.01. The second-order valence-corrected chi connectivity index (χ2v) is 9.01. The molecule has 1 N–H and O–H groups in total. The maximum atomic E-state index is 13.0. The molecular formula is C21H29FN4O2S. The largest absolute Gasteiger partial charge is 0.343 e. The summed E-state index contributed by atoms with van der Waals surface area (Å²) in [6, 6.07) is 6.33. The zero-order valence-corrected chi connectivity index (χ0v) is 17.9. The molecule has 1 aromatic heterocycles. The van der Waals surface area contributed by atoms with Crippen molar-refractivity contribution in [3.63, 3.8) is 0 Å². The molecule has 158 valence electrons. The number of hydrogen-bond donors (Lipinski definition) is 1. The Morgan fingerprint density at radius 3 is 2.55 bits per heavy atom. The van der Waals surface area contributed by atoms with Crippen LogP contribution in [-0.4, -0.2) is 40.8 Å². The van der Waals surface area contributed by atoms with Crippen LogP contribution in [0.2, 0.25) is 0 Å². The fourth-order valence-corrected chi connectivity index (χ4v) is 4.49. The van der Waals surface area contributed by atoms with Crippen LogP contribution in [-0.2, 0) is 16.9 Å². The molecule has 1 heterocycles. The van der Waals surface area contributed by atoms with Crippen LogP contribution in [0.25, 0.3) is 0 Å². The van der Waals surface area contributed by atoms with Gasteiger partial charge in [0, 0.05) is 17.1 Å². The third-order valence-electron chi connectivity index (χ3n) is 5.09. The van der Waals surface area contributed by atoms with Gasteiger partial charge in [0.25, 0.3) is 0 Å². The number of hydrogen-bond acceptors (Lipinski definition) is 6. The topological polar surface area (TPSA) is 71.3 Å². The molecular weight excluding hydrogens is 391 g/mol. The van der Waals surface area contributed by atoms with Crippen LogP contribution >= 0.6 is 11.8 Å². The van der Waals surface area contributed by atoms with Crippen LogP contribution in [0, 0.1) is 5.82 Å². The summed E-state index contributed by atoms with van der Waals surface area (Å²) in [7, 11) is 3.90. The van der Waals surface area contributed by atoms with E-state index in [4.69, 9.17) is 4.52 Å². The van der Waals surface area contributed by atoms with E-state index in [0.717, 1.165) is 43.4 Å². The minimum Gasteiger partial charge on any atom is -0.343 e. The van der Waals surface area contributed by atoms with Crippen molar-refractivity contribution in [2.45, 2.75) is 61.9 Å². The molecule has 0 saturated heterocycles. The lowest BCUT2D eigenvalue weighted by atomic mass is 9.89. The van der Waals surface area contributed by atoms with Gasteiger partial charge in [0.15, 0.2) is 5.82 Å². The Bertz CT molecular complexity index is 786. The van der Waals surface area contributed by atoms with E-state index in [1.165, 1.54) is 12.1 Å². The van der Waals surface area contributed by atoms with Crippen molar-refractivity contribution in [1.29, 1.82) is 0 Å². The molecule has 1 amide bonds. The van der Waals surface area contributed by atoms with Gasteiger partial charge in [0.2, 0.25) is 11.8 Å². The highest BCUT2D eigenvalue weighted by molar-refractivity contribution is 7.99. The second kappa shape index (κ2) is 10.2. The van der Waals surface area contributed by atoms with E-state index in [9.17, 15) is 9.18 Å². The molecule has 1 aromatic carbocycles. The molecule has 1 aliphatic carbocycles. The summed E-state index contributed by atoms with van der Waals surface area (Å²) in [5.74, 6) is 1.52. The van der Waals surface area contributed by atoms with Gasteiger partial charge in [0.05, 0.1) is 6.54 Å². The molecule has 6 nitrogen and oxygen atoms in total. The number of halogens is 1. The van der Waals surface area contributed by atoms with Crippen LogP contribution in [0.1, 0.15) is 56.7 Å². The lowest BCUT2D eigenvalue weighted by molar-refractivity contribution is -0.123. The fraction of sp³-hybridized carbons (Fsp3) is 0.571. The summed E-state index contributed by atoms with van der Waals surface area (Å²) in [4.78, 5) is 20.3. The number of rotatable bonds is 8. The van der Waals surface area contributed by atoms with E-state index < -0.39 is 5.54 Å². The molecule has 29 heavy (non-hydrogen) atoms. The Hall–Kier alpha value is -1.93. The van der Waals surface area contributed by atoms with Gasteiger partial charge in [-0.1, -0.05) is 30.8 Å². The zero-order valence-electron chi connectivity index (χ0n) is 17.1. The molecule has 2 aromatic rings. The highest BCUT2D eigenvalue weighted by Gasteiger charge is 2.38. The van der Waals surface area contributed by atoms with Crippen molar-refractivity contribution in [3.8, 4) is 0 Å². The third-order valence-corrected chi connectivity index (χ3v) is 6.11. The maximum Gasteiger partial charge on any atom is 0.240 e. The second-order valence-electron chi connectivity index (χ2n) is 7.85. The lowest BCUT2D eigenvalue weighted by Gasteiger charge is -2.30. The molecule has 0 atom stereocenters. The smallest absolute Gasteiger partial charge is 0.240 e. The van der Waals surface area contributed by atoms with Gasteiger partial charge in [-0.15, -0.1) is 11.8 Å². The first kappa shape index (κ1) is 21.8. The number of nitrogens with zero attached hydrogens (tertiary/aromatic N) is 3. The summed E-state index contributed by atoms with van der Waals surface area (Å²) in [5.41, 5.74) is -0.553. The van der Waals surface area contributed by atoms with E-state index in [2.05, 4.69) is 15.5 Å². The summed E-state index contributed by atoms with van der Waals surface area (Å²) >= 11 is 1.55. The summed E-state index contributed by atoms with van der Waals surface area (Å²) < 4.78 is 18.4. The molecule has 3 rings (SSSR count). The summed E-state index contributed by atoms with van der Waals surface area (Å²) in [6.07, 6.45) is 6.40. The van der Waals surface area contributed by atoms with Gasteiger partial charge in [-0.2, -0.15) is 4.98 Å². The average molecular weight is 421 g/mol. The Morgan fingerprint density at radius 2 is 1.90 bits per heavy atom. The minimum absolute atomic E-state index is 0.0135. The highest BCUT2D eigenvalue weighted by Crippen LogP contribution is 2.35.